The van der Waals surface area contributed by atoms with Crippen molar-refractivity contribution < 1.29 is 4.79 Å². The summed E-state index contributed by atoms with van der Waals surface area (Å²) in [5, 5.41) is 12.5. The molecule has 0 aliphatic heterocycles. The van der Waals surface area contributed by atoms with Crippen LogP contribution in [0.3, 0.4) is 0 Å². The van der Waals surface area contributed by atoms with E-state index in [2.05, 4.69) is 15.3 Å². The van der Waals surface area contributed by atoms with E-state index in [9.17, 15) is 4.79 Å². The molecule has 0 saturated carbocycles. The Hall–Kier alpha value is -1.79. The molecule has 0 fully saturated rings. The minimum atomic E-state index is -0.360. The molecule has 7 heteroatoms. The molecule has 3 aromatic rings. The number of halogens is 1. The summed E-state index contributed by atoms with van der Waals surface area (Å²) in [4.78, 5) is 11.5. The molecule has 18 heavy (non-hydrogen) atoms. The molecule has 0 aliphatic rings. The topological polar surface area (TPSA) is 60.2 Å². The van der Waals surface area contributed by atoms with Gasteiger partial charge in [0.1, 0.15) is 11.3 Å². The molecule has 3 rings (SSSR count). The van der Waals surface area contributed by atoms with Crippen LogP contribution < -0.4 is 0 Å². The van der Waals surface area contributed by atoms with Gasteiger partial charge in [-0.05, 0) is 17.2 Å². The summed E-state index contributed by atoms with van der Waals surface area (Å²) in [6.45, 7) is 0. The first kappa shape index (κ1) is 11.3. The zero-order chi connectivity index (χ0) is 12.5. The highest BCUT2D eigenvalue weighted by Crippen LogP contribution is 2.24. The summed E-state index contributed by atoms with van der Waals surface area (Å²) in [6, 6.07) is 7.58. The zero-order valence-corrected chi connectivity index (χ0v) is 10.6. The van der Waals surface area contributed by atoms with Gasteiger partial charge in [-0.1, -0.05) is 35.6 Å². The number of carbonyl (C=O) groups is 1. The molecule has 0 radical (unpaired) electrons. The first-order chi connectivity index (χ1) is 8.72. The Morgan fingerprint density at radius 1 is 1.33 bits per heavy atom. The first-order valence-electron chi connectivity index (χ1n) is 5.17. The summed E-state index contributed by atoms with van der Waals surface area (Å²) in [6.07, 6.45) is 1.81. The molecule has 5 nitrogen and oxygen atoms in total. The van der Waals surface area contributed by atoms with Gasteiger partial charge in [0, 0.05) is 12.0 Å². The van der Waals surface area contributed by atoms with Crippen molar-refractivity contribution in [3.8, 4) is 10.6 Å². The van der Waals surface area contributed by atoms with E-state index in [4.69, 9.17) is 11.6 Å². The maximum atomic E-state index is 10.8. The number of rotatable bonds is 3. The summed E-state index contributed by atoms with van der Waals surface area (Å²) in [5.41, 5.74) is 1.87. The average Bonchev–Trinajstić information content (AvgIpc) is 2.89. The largest absolute Gasteiger partial charge is 0.281 e. The first-order valence-corrected chi connectivity index (χ1v) is 6.36. The van der Waals surface area contributed by atoms with E-state index in [0.29, 0.717) is 0 Å². The van der Waals surface area contributed by atoms with Crippen molar-refractivity contribution >= 4 is 33.1 Å². The highest BCUT2D eigenvalue weighted by molar-refractivity contribution is 7.19. The number of aromatic nitrogens is 4. The molecule has 90 valence electrons. The second kappa shape index (κ2) is 4.47. The second-order valence-electron chi connectivity index (χ2n) is 3.69. The van der Waals surface area contributed by atoms with E-state index in [1.165, 1.54) is 11.3 Å². The quantitative estimate of drug-likeness (QED) is 0.689. The number of nitrogens with zero attached hydrogens (tertiary/aromatic N) is 4. The third-order valence-corrected chi connectivity index (χ3v) is 3.53. The summed E-state index contributed by atoms with van der Waals surface area (Å²) in [7, 11) is 0. The molecular formula is C11H7ClN4OS. The maximum absolute atomic E-state index is 10.8. The predicted octanol–water partition coefficient (Wildman–Crippen LogP) is 2.16. The fourth-order valence-electron chi connectivity index (χ4n) is 1.60. The Morgan fingerprint density at radius 3 is 2.78 bits per heavy atom. The lowest BCUT2D eigenvalue weighted by atomic mass is 10.1. The third kappa shape index (κ3) is 2.12. The molecule has 0 amide bonds. The predicted molar refractivity (Wildman–Crippen MR) is 68.7 cm³/mol. The summed E-state index contributed by atoms with van der Waals surface area (Å²) < 4.78 is 1.64. The van der Waals surface area contributed by atoms with Crippen LogP contribution in [0.15, 0.2) is 30.6 Å². The van der Waals surface area contributed by atoms with Crippen molar-refractivity contribution in [2.45, 2.75) is 6.42 Å². The monoisotopic (exact) mass is 278 g/mol. The maximum Gasteiger partial charge on any atom is 0.234 e. The van der Waals surface area contributed by atoms with Gasteiger partial charge in [0.25, 0.3) is 0 Å². The molecule has 2 aromatic heterocycles. The number of benzene rings is 1. The van der Waals surface area contributed by atoms with Crippen molar-refractivity contribution in [1.29, 1.82) is 0 Å². The Labute approximate surface area is 111 Å². The van der Waals surface area contributed by atoms with Crippen LogP contribution in [0.5, 0.6) is 0 Å². The second-order valence-corrected chi connectivity index (χ2v) is 5.07. The Kier molecular flexibility index (Phi) is 2.81. The SMILES string of the molecule is O=C(Cl)Cc1ccc(-c2nn3cnnc3s2)cc1. The zero-order valence-electron chi connectivity index (χ0n) is 9.08. The Bertz CT molecular complexity index is 675. The number of hydrogen-bond acceptors (Lipinski definition) is 5. The van der Waals surface area contributed by atoms with Crippen LogP contribution in [0.25, 0.3) is 15.5 Å². The Balaban J connectivity index is 1.92. The van der Waals surface area contributed by atoms with Crippen LogP contribution in [-0.4, -0.2) is 25.1 Å². The minimum absolute atomic E-state index is 0.243. The highest BCUT2D eigenvalue weighted by atomic mass is 35.5. The van der Waals surface area contributed by atoms with Gasteiger partial charge in [-0.3, -0.25) is 4.79 Å². The van der Waals surface area contributed by atoms with Crippen molar-refractivity contribution in [2.75, 3.05) is 0 Å². The van der Waals surface area contributed by atoms with E-state index >= 15 is 0 Å². The van der Waals surface area contributed by atoms with Gasteiger partial charge in [0.15, 0.2) is 0 Å². The minimum Gasteiger partial charge on any atom is -0.281 e. The lowest BCUT2D eigenvalue weighted by Crippen LogP contribution is -1.92. The van der Waals surface area contributed by atoms with Gasteiger partial charge in [-0.2, -0.15) is 9.61 Å². The normalized spacial score (nSPS) is 10.9. The molecule has 0 bridgehead atoms. The molecule has 0 N–H and O–H groups in total. The van der Waals surface area contributed by atoms with E-state index in [0.717, 1.165) is 21.1 Å². The fourth-order valence-corrected chi connectivity index (χ4v) is 2.58. The van der Waals surface area contributed by atoms with Gasteiger partial charge >= 0.3 is 0 Å². The molecule has 0 saturated heterocycles. The van der Waals surface area contributed by atoms with E-state index in [-0.39, 0.29) is 11.7 Å². The highest BCUT2D eigenvalue weighted by Gasteiger charge is 2.08. The van der Waals surface area contributed by atoms with Gasteiger partial charge < -0.3 is 0 Å². The van der Waals surface area contributed by atoms with Gasteiger partial charge in [0.05, 0.1) is 0 Å². The van der Waals surface area contributed by atoms with Gasteiger partial charge in [0.2, 0.25) is 10.2 Å². The van der Waals surface area contributed by atoms with Crippen LogP contribution in [0.1, 0.15) is 5.56 Å². The summed E-state index contributed by atoms with van der Waals surface area (Å²) >= 11 is 6.80. The van der Waals surface area contributed by atoms with Crippen LogP contribution >= 0.6 is 22.9 Å². The van der Waals surface area contributed by atoms with Crippen molar-refractivity contribution in [3.05, 3.63) is 36.2 Å². The van der Waals surface area contributed by atoms with E-state index < -0.39 is 0 Å². The third-order valence-electron chi connectivity index (χ3n) is 2.43. The van der Waals surface area contributed by atoms with Crippen molar-refractivity contribution in [3.63, 3.8) is 0 Å². The lowest BCUT2D eigenvalue weighted by molar-refractivity contribution is -0.111. The standard InChI is InChI=1S/C11H7ClN4OS/c12-9(17)5-7-1-3-8(4-2-7)10-15-16-6-13-14-11(16)18-10/h1-4,6H,5H2. The van der Waals surface area contributed by atoms with Crippen molar-refractivity contribution in [2.24, 2.45) is 0 Å². The lowest BCUT2D eigenvalue weighted by Gasteiger charge is -1.98. The van der Waals surface area contributed by atoms with E-state index in [1.807, 2.05) is 24.3 Å². The molecular weight excluding hydrogens is 272 g/mol. The van der Waals surface area contributed by atoms with Gasteiger partial charge in [-0.25, -0.2) is 0 Å². The molecule has 1 aromatic carbocycles. The van der Waals surface area contributed by atoms with Crippen LogP contribution in [-0.2, 0) is 11.2 Å². The fraction of sp³-hybridized carbons (Fsp3) is 0.0909. The Morgan fingerprint density at radius 2 is 2.11 bits per heavy atom. The number of hydrogen-bond donors (Lipinski definition) is 0. The molecule has 0 atom stereocenters. The number of fused-ring (bicyclic) bond motifs is 1. The van der Waals surface area contributed by atoms with Crippen LogP contribution in [0, 0.1) is 0 Å². The van der Waals surface area contributed by atoms with Gasteiger partial charge in [-0.15, -0.1) is 10.2 Å². The van der Waals surface area contributed by atoms with E-state index in [1.54, 1.807) is 10.8 Å². The van der Waals surface area contributed by atoms with Crippen LogP contribution in [0.4, 0.5) is 0 Å². The molecule has 0 aliphatic carbocycles. The molecule has 2 heterocycles. The molecule has 0 unspecified atom stereocenters. The van der Waals surface area contributed by atoms with Crippen molar-refractivity contribution in [1.82, 2.24) is 19.8 Å². The summed E-state index contributed by atoms with van der Waals surface area (Å²) in [5.74, 6) is 0. The average molecular weight is 279 g/mol. The van der Waals surface area contributed by atoms with Crippen LogP contribution in [0.2, 0.25) is 0 Å². The molecule has 0 spiro atoms. The number of carbonyl (C=O) groups excluding carboxylic acids is 1. The smallest absolute Gasteiger partial charge is 0.234 e.